The number of fused-ring (bicyclic) bond motifs is 1. The highest BCUT2D eigenvalue weighted by Gasteiger charge is 2.53. The number of hydrogen-bond donors (Lipinski definition) is 4. The van der Waals surface area contributed by atoms with Crippen LogP contribution in [0.1, 0.15) is 18.5 Å². The van der Waals surface area contributed by atoms with E-state index in [4.69, 9.17) is 17.3 Å². The zero-order valence-corrected chi connectivity index (χ0v) is 15.2. The highest BCUT2D eigenvalue weighted by atomic mass is 35.5. The molecule has 26 heavy (non-hydrogen) atoms. The number of phenols is 1. The van der Waals surface area contributed by atoms with Crippen LogP contribution in [0.5, 0.6) is 5.75 Å². The number of aliphatic carboxylic acids is 1. The summed E-state index contributed by atoms with van der Waals surface area (Å²) in [5, 5.41) is 20.9. The standard InChI is InChI=1S/C16H16ClN3O5S/c1-6-5-26-15-11(14(23)20(15)12(6)16(24)25)19-13(22)10(18)7-2-3-9(21)8(17)4-7/h2-4,10-11,15,21H,5,18H2,1H3,(H,19,22)(H,24,25)/t10-,11?,15?/m1/s1. The first-order valence-electron chi connectivity index (χ1n) is 7.64. The largest absolute Gasteiger partial charge is 0.506 e. The van der Waals surface area contributed by atoms with Crippen LogP contribution in [-0.2, 0) is 14.4 Å². The van der Waals surface area contributed by atoms with E-state index in [0.29, 0.717) is 16.9 Å². The average molecular weight is 398 g/mol. The fourth-order valence-corrected chi connectivity index (χ4v) is 4.37. The summed E-state index contributed by atoms with van der Waals surface area (Å²) in [6, 6.07) is 2.24. The number of aromatic hydroxyl groups is 1. The van der Waals surface area contributed by atoms with Crippen molar-refractivity contribution in [2.45, 2.75) is 24.4 Å². The third kappa shape index (κ3) is 3.02. The second-order valence-electron chi connectivity index (χ2n) is 6.02. The van der Waals surface area contributed by atoms with Gasteiger partial charge < -0.3 is 21.3 Å². The SMILES string of the molecule is CC1=C(C(=O)O)N2C(=O)C(NC(=O)[C@H](N)c3ccc(O)c(Cl)c3)C2SC1. The monoisotopic (exact) mass is 397 g/mol. The predicted octanol–water partition coefficient (Wildman–Crippen LogP) is 0.804. The van der Waals surface area contributed by atoms with Crippen molar-refractivity contribution in [3.63, 3.8) is 0 Å². The van der Waals surface area contributed by atoms with E-state index in [1.165, 1.54) is 34.9 Å². The summed E-state index contributed by atoms with van der Waals surface area (Å²) in [6.45, 7) is 1.66. The topological polar surface area (TPSA) is 133 Å². The molecule has 0 aliphatic carbocycles. The number of carbonyl (C=O) groups excluding carboxylic acids is 2. The Labute approximate surface area is 158 Å². The van der Waals surface area contributed by atoms with Crippen LogP contribution in [0.4, 0.5) is 0 Å². The zero-order chi connectivity index (χ0) is 19.2. The minimum Gasteiger partial charge on any atom is -0.506 e. The third-order valence-electron chi connectivity index (χ3n) is 4.27. The molecule has 2 aliphatic rings. The molecule has 5 N–H and O–H groups in total. The number of amides is 2. The van der Waals surface area contributed by atoms with Gasteiger partial charge >= 0.3 is 5.97 Å². The van der Waals surface area contributed by atoms with Crippen molar-refractivity contribution >= 4 is 41.1 Å². The van der Waals surface area contributed by atoms with Crippen LogP contribution in [0.15, 0.2) is 29.5 Å². The smallest absolute Gasteiger partial charge is 0.352 e. The Morgan fingerprint density at radius 3 is 2.77 bits per heavy atom. The van der Waals surface area contributed by atoms with Gasteiger partial charge in [0.15, 0.2) is 0 Å². The number of phenolic OH excluding ortho intramolecular Hbond substituents is 1. The lowest BCUT2D eigenvalue weighted by atomic mass is 10.0. The molecule has 2 aliphatic heterocycles. The van der Waals surface area contributed by atoms with Gasteiger partial charge in [-0.05, 0) is 30.2 Å². The minimum absolute atomic E-state index is 0.0288. The summed E-state index contributed by atoms with van der Waals surface area (Å²) in [6.07, 6.45) is 0. The number of rotatable bonds is 4. The van der Waals surface area contributed by atoms with Crippen molar-refractivity contribution in [2.75, 3.05) is 5.75 Å². The summed E-state index contributed by atoms with van der Waals surface area (Å²) in [5.41, 5.74) is 6.87. The number of nitrogens with zero attached hydrogens (tertiary/aromatic N) is 1. The molecule has 1 fully saturated rings. The Morgan fingerprint density at radius 1 is 1.46 bits per heavy atom. The van der Waals surface area contributed by atoms with Crippen LogP contribution in [0, 0.1) is 0 Å². The molecule has 0 bridgehead atoms. The molecule has 3 rings (SSSR count). The summed E-state index contributed by atoms with van der Waals surface area (Å²) < 4.78 is 0. The van der Waals surface area contributed by atoms with Crippen molar-refractivity contribution < 1.29 is 24.6 Å². The first-order chi connectivity index (χ1) is 12.2. The van der Waals surface area contributed by atoms with E-state index in [1.807, 2.05) is 0 Å². The molecule has 8 nitrogen and oxygen atoms in total. The van der Waals surface area contributed by atoms with Crippen molar-refractivity contribution in [3.05, 3.63) is 40.1 Å². The van der Waals surface area contributed by atoms with E-state index in [9.17, 15) is 24.6 Å². The maximum atomic E-state index is 12.4. The van der Waals surface area contributed by atoms with Gasteiger partial charge in [0.1, 0.15) is 28.9 Å². The van der Waals surface area contributed by atoms with Crippen molar-refractivity contribution in [1.29, 1.82) is 0 Å². The number of nitrogens with one attached hydrogen (secondary N) is 1. The quantitative estimate of drug-likeness (QED) is 0.552. The Balaban J connectivity index is 1.72. The molecule has 2 amide bonds. The maximum Gasteiger partial charge on any atom is 0.352 e. The molecule has 3 atom stereocenters. The molecule has 2 unspecified atom stereocenters. The molecule has 0 spiro atoms. The Hall–Kier alpha value is -2.23. The number of carboxylic acid groups (broad SMARTS) is 1. The van der Waals surface area contributed by atoms with Gasteiger partial charge in [-0.15, -0.1) is 11.8 Å². The van der Waals surface area contributed by atoms with E-state index in [1.54, 1.807) is 6.92 Å². The molecule has 2 heterocycles. The summed E-state index contributed by atoms with van der Waals surface area (Å²) in [4.78, 5) is 37.3. The molecule has 1 saturated heterocycles. The second-order valence-corrected chi connectivity index (χ2v) is 7.53. The van der Waals surface area contributed by atoms with E-state index in [-0.39, 0.29) is 16.5 Å². The lowest BCUT2D eigenvalue weighted by Crippen LogP contribution is -2.71. The highest BCUT2D eigenvalue weighted by molar-refractivity contribution is 8.00. The van der Waals surface area contributed by atoms with Crippen LogP contribution in [0.3, 0.4) is 0 Å². The Kier molecular flexibility index (Phi) is 4.87. The van der Waals surface area contributed by atoms with Gasteiger partial charge in [-0.25, -0.2) is 4.79 Å². The predicted molar refractivity (Wildman–Crippen MR) is 95.4 cm³/mol. The average Bonchev–Trinajstić information content (AvgIpc) is 2.60. The molecule has 138 valence electrons. The number of β-lactam (4-membered cyclic amide) rings is 1. The van der Waals surface area contributed by atoms with Crippen LogP contribution in [0.2, 0.25) is 5.02 Å². The van der Waals surface area contributed by atoms with Gasteiger partial charge in [0, 0.05) is 5.75 Å². The number of halogens is 1. The van der Waals surface area contributed by atoms with Crippen LogP contribution in [0.25, 0.3) is 0 Å². The van der Waals surface area contributed by atoms with E-state index < -0.39 is 35.2 Å². The fourth-order valence-electron chi connectivity index (χ4n) is 2.89. The van der Waals surface area contributed by atoms with Crippen molar-refractivity contribution in [2.24, 2.45) is 5.73 Å². The zero-order valence-electron chi connectivity index (χ0n) is 13.6. The van der Waals surface area contributed by atoms with E-state index >= 15 is 0 Å². The first kappa shape index (κ1) is 18.6. The maximum absolute atomic E-state index is 12.4. The Morgan fingerprint density at radius 2 is 2.15 bits per heavy atom. The fraction of sp³-hybridized carbons (Fsp3) is 0.312. The third-order valence-corrected chi connectivity index (χ3v) is 6.00. The molecule has 1 aromatic rings. The van der Waals surface area contributed by atoms with Gasteiger partial charge in [0.05, 0.1) is 5.02 Å². The lowest BCUT2D eigenvalue weighted by molar-refractivity contribution is -0.150. The molecule has 1 aromatic carbocycles. The van der Waals surface area contributed by atoms with Crippen molar-refractivity contribution in [3.8, 4) is 5.75 Å². The van der Waals surface area contributed by atoms with E-state index in [0.717, 1.165) is 0 Å². The lowest BCUT2D eigenvalue weighted by Gasteiger charge is -2.49. The number of thioether (sulfide) groups is 1. The molecular formula is C16H16ClN3O5S. The van der Waals surface area contributed by atoms with Crippen LogP contribution >= 0.6 is 23.4 Å². The molecule has 10 heteroatoms. The summed E-state index contributed by atoms with van der Waals surface area (Å²) in [7, 11) is 0. The molecular weight excluding hydrogens is 382 g/mol. The first-order valence-corrected chi connectivity index (χ1v) is 9.07. The number of nitrogens with two attached hydrogens (primary N) is 1. The molecule has 0 aromatic heterocycles. The number of carboxylic acids is 1. The second kappa shape index (κ2) is 6.82. The summed E-state index contributed by atoms with van der Waals surface area (Å²) in [5.74, 6) is -1.91. The van der Waals surface area contributed by atoms with E-state index in [2.05, 4.69) is 5.32 Å². The van der Waals surface area contributed by atoms with Gasteiger partial charge in [-0.1, -0.05) is 17.7 Å². The van der Waals surface area contributed by atoms with Gasteiger partial charge in [-0.3, -0.25) is 14.5 Å². The highest BCUT2D eigenvalue weighted by Crippen LogP contribution is 2.40. The molecule has 0 saturated carbocycles. The number of benzene rings is 1. The Bertz CT molecular complexity index is 843. The summed E-state index contributed by atoms with van der Waals surface area (Å²) >= 11 is 7.20. The minimum atomic E-state index is -1.17. The molecule has 0 radical (unpaired) electrons. The van der Waals surface area contributed by atoms with Gasteiger partial charge in [0.2, 0.25) is 5.91 Å². The number of carbonyl (C=O) groups is 3. The van der Waals surface area contributed by atoms with Gasteiger partial charge in [0.25, 0.3) is 5.91 Å². The normalized spacial score (nSPS) is 23.2. The van der Waals surface area contributed by atoms with Crippen LogP contribution < -0.4 is 11.1 Å². The van der Waals surface area contributed by atoms with Crippen LogP contribution in [-0.4, -0.2) is 50.1 Å². The van der Waals surface area contributed by atoms with Crippen molar-refractivity contribution in [1.82, 2.24) is 10.2 Å². The number of hydrogen-bond acceptors (Lipinski definition) is 6. The van der Waals surface area contributed by atoms with Gasteiger partial charge in [-0.2, -0.15) is 0 Å².